The first-order valence-corrected chi connectivity index (χ1v) is 8.06. The van der Waals surface area contributed by atoms with Gasteiger partial charge in [0, 0.05) is 19.0 Å². The molecule has 7 nitrogen and oxygen atoms in total. The Morgan fingerprint density at radius 3 is 2.83 bits per heavy atom. The van der Waals surface area contributed by atoms with E-state index < -0.39 is 12.7 Å². The fraction of sp³-hybridized carbons (Fsp3) is 0.857. The van der Waals surface area contributed by atoms with Crippen molar-refractivity contribution < 1.29 is 18.0 Å². The molecule has 2 rings (SSSR count). The fourth-order valence-corrected chi connectivity index (χ4v) is 2.74. The van der Waals surface area contributed by atoms with E-state index in [1.165, 1.54) is 0 Å². The van der Waals surface area contributed by atoms with Gasteiger partial charge in [0.05, 0.1) is 6.54 Å². The number of amides is 1. The van der Waals surface area contributed by atoms with E-state index in [1.54, 1.807) is 0 Å². The van der Waals surface area contributed by atoms with Crippen molar-refractivity contribution in [2.75, 3.05) is 19.6 Å². The van der Waals surface area contributed by atoms with Crippen molar-refractivity contribution in [2.45, 2.75) is 46.0 Å². The average Bonchev–Trinajstić information content (AvgIpc) is 2.90. The molecule has 0 radical (unpaired) electrons. The minimum absolute atomic E-state index is 0.0150. The van der Waals surface area contributed by atoms with Gasteiger partial charge in [0.25, 0.3) is 0 Å². The monoisotopic (exact) mass is 348 g/mol. The predicted octanol–water partition coefficient (Wildman–Crippen LogP) is 1.22. The number of carbonyl (C=O) groups excluding carboxylic acids is 1. The van der Waals surface area contributed by atoms with E-state index in [-0.39, 0.29) is 30.1 Å². The molecule has 0 spiro atoms. The lowest BCUT2D eigenvalue weighted by atomic mass is 9.97. The molecule has 1 N–H and O–H groups in total. The van der Waals surface area contributed by atoms with Gasteiger partial charge in [0.15, 0.2) is 5.82 Å². The minimum atomic E-state index is -4.35. The molecule has 0 aromatic carbocycles. The van der Waals surface area contributed by atoms with Gasteiger partial charge in [-0.25, -0.2) is 4.68 Å². The quantitative estimate of drug-likeness (QED) is 0.837. The number of aromatic nitrogens is 4. The molecule has 1 aromatic heterocycles. The molecule has 1 atom stereocenters. The molecular weight excluding hydrogens is 325 g/mol. The number of piperidine rings is 1. The number of carbonyl (C=O) groups is 1. The van der Waals surface area contributed by atoms with Crippen molar-refractivity contribution >= 4 is 5.91 Å². The number of nitrogens with zero attached hydrogens (tertiary/aromatic N) is 5. The summed E-state index contributed by atoms with van der Waals surface area (Å²) in [6, 6.07) is 0. The fourth-order valence-electron chi connectivity index (χ4n) is 2.74. The van der Waals surface area contributed by atoms with Gasteiger partial charge in [-0.2, -0.15) is 13.2 Å². The molecule has 1 aliphatic rings. The zero-order valence-corrected chi connectivity index (χ0v) is 13.9. The second kappa shape index (κ2) is 7.91. The van der Waals surface area contributed by atoms with Crippen LogP contribution in [0.25, 0.3) is 0 Å². The Balaban J connectivity index is 1.87. The van der Waals surface area contributed by atoms with Crippen LogP contribution < -0.4 is 5.32 Å². The number of hydrogen-bond donors (Lipinski definition) is 1. The number of likely N-dealkylation sites (tertiary alicyclic amines) is 1. The second-order valence-corrected chi connectivity index (χ2v) is 6.51. The Bertz CT molecular complexity index is 545. The molecule has 1 fully saturated rings. The van der Waals surface area contributed by atoms with Gasteiger partial charge >= 0.3 is 6.18 Å². The number of halogens is 3. The summed E-state index contributed by atoms with van der Waals surface area (Å²) < 4.78 is 38.3. The summed E-state index contributed by atoms with van der Waals surface area (Å²) in [4.78, 5) is 13.7. The molecule has 0 saturated carbocycles. The lowest BCUT2D eigenvalue weighted by Gasteiger charge is -2.32. The molecule has 10 heteroatoms. The molecule has 0 aliphatic carbocycles. The topological polar surface area (TPSA) is 75.9 Å². The van der Waals surface area contributed by atoms with Crippen molar-refractivity contribution in [1.29, 1.82) is 0 Å². The smallest absolute Gasteiger partial charge is 0.356 e. The van der Waals surface area contributed by atoms with Crippen LogP contribution in [0.2, 0.25) is 0 Å². The van der Waals surface area contributed by atoms with E-state index >= 15 is 0 Å². The van der Waals surface area contributed by atoms with Crippen molar-refractivity contribution in [2.24, 2.45) is 11.8 Å². The van der Waals surface area contributed by atoms with Crippen LogP contribution in [0.15, 0.2) is 0 Å². The first kappa shape index (κ1) is 18.6. The maximum atomic E-state index is 12.5. The highest BCUT2D eigenvalue weighted by Gasteiger charge is 2.31. The van der Waals surface area contributed by atoms with Crippen LogP contribution in [0.4, 0.5) is 13.2 Å². The second-order valence-electron chi connectivity index (χ2n) is 6.51. The number of tetrazole rings is 1. The Kier molecular flexibility index (Phi) is 6.14. The van der Waals surface area contributed by atoms with Crippen LogP contribution in [-0.2, 0) is 17.9 Å². The SMILES string of the molecule is CC(C)C(=O)NCC1CCCN(Cc2nnnn2CC(F)(F)F)C1. The molecule has 1 saturated heterocycles. The van der Waals surface area contributed by atoms with Crippen LogP contribution in [0, 0.1) is 11.8 Å². The molecule has 2 heterocycles. The Morgan fingerprint density at radius 1 is 1.42 bits per heavy atom. The molecule has 1 unspecified atom stereocenters. The van der Waals surface area contributed by atoms with Gasteiger partial charge in [-0.1, -0.05) is 13.8 Å². The van der Waals surface area contributed by atoms with Gasteiger partial charge in [0.1, 0.15) is 6.54 Å². The van der Waals surface area contributed by atoms with E-state index in [4.69, 9.17) is 0 Å². The lowest BCUT2D eigenvalue weighted by molar-refractivity contribution is -0.143. The van der Waals surface area contributed by atoms with E-state index in [1.807, 2.05) is 18.7 Å². The van der Waals surface area contributed by atoms with Crippen molar-refractivity contribution in [3.8, 4) is 0 Å². The van der Waals surface area contributed by atoms with Crippen LogP contribution in [-0.4, -0.2) is 56.8 Å². The van der Waals surface area contributed by atoms with Gasteiger partial charge < -0.3 is 5.32 Å². The zero-order valence-electron chi connectivity index (χ0n) is 13.9. The Labute approximate surface area is 138 Å². The third-order valence-electron chi connectivity index (χ3n) is 3.99. The zero-order chi connectivity index (χ0) is 17.7. The van der Waals surface area contributed by atoms with Crippen LogP contribution in [0.5, 0.6) is 0 Å². The third-order valence-corrected chi connectivity index (χ3v) is 3.99. The van der Waals surface area contributed by atoms with E-state index in [2.05, 4.69) is 20.8 Å². The Morgan fingerprint density at radius 2 is 2.17 bits per heavy atom. The highest BCUT2D eigenvalue weighted by atomic mass is 19.4. The molecule has 24 heavy (non-hydrogen) atoms. The number of alkyl halides is 3. The normalized spacial score (nSPS) is 19.7. The average molecular weight is 348 g/mol. The van der Waals surface area contributed by atoms with Crippen molar-refractivity contribution in [3.63, 3.8) is 0 Å². The maximum Gasteiger partial charge on any atom is 0.408 e. The first-order valence-electron chi connectivity index (χ1n) is 8.06. The predicted molar refractivity (Wildman–Crippen MR) is 79.7 cm³/mol. The number of nitrogens with one attached hydrogen (secondary N) is 1. The van der Waals surface area contributed by atoms with Crippen LogP contribution >= 0.6 is 0 Å². The summed E-state index contributed by atoms with van der Waals surface area (Å²) in [6.07, 6.45) is -2.43. The summed E-state index contributed by atoms with van der Waals surface area (Å²) in [7, 11) is 0. The summed E-state index contributed by atoms with van der Waals surface area (Å²) in [5, 5.41) is 13.4. The van der Waals surface area contributed by atoms with Crippen molar-refractivity contribution in [1.82, 2.24) is 30.4 Å². The summed E-state index contributed by atoms with van der Waals surface area (Å²) in [5.74, 6) is 0.450. The highest BCUT2D eigenvalue weighted by Crippen LogP contribution is 2.20. The van der Waals surface area contributed by atoms with Crippen LogP contribution in [0.1, 0.15) is 32.5 Å². The summed E-state index contributed by atoms with van der Waals surface area (Å²) in [5.41, 5.74) is 0. The molecular formula is C14H23F3N6O. The number of rotatable bonds is 6. The molecule has 0 bridgehead atoms. The molecule has 1 aliphatic heterocycles. The van der Waals surface area contributed by atoms with Gasteiger partial charge in [0.2, 0.25) is 5.91 Å². The van der Waals surface area contributed by atoms with Gasteiger partial charge in [-0.15, -0.1) is 5.10 Å². The highest BCUT2D eigenvalue weighted by molar-refractivity contribution is 5.77. The summed E-state index contributed by atoms with van der Waals surface area (Å²) >= 11 is 0. The molecule has 1 amide bonds. The van der Waals surface area contributed by atoms with Crippen LogP contribution in [0.3, 0.4) is 0 Å². The van der Waals surface area contributed by atoms with Gasteiger partial charge in [-0.3, -0.25) is 9.69 Å². The number of hydrogen-bond acceptors (Lipinski definition) is 5. The summed E-state index contributed by atoms with van der Waals surface area (Å²) in [6.45, 7) is 4.84. The van der Waals surface area contributed by atoms with Gasteiger partial charge in [-0.05, 0) is 35.7 Å². The lowest BCUT2D eigenvalue weighted by Crippen LogP contribution is -2.41. The maximum absolute atomic E-state index is 12.5. The largest absolute Gasteiger partial charge is 0.408 e. The van der Waals surface area contributed by atoms with E-state index in [9.17, 15) is 18.0 Å². The first-order chi connectivity index (χ1) is 11.2. The van der Waals surface area contributed by atoms with Crippen molar-refractivity contribution in [3.05, 3.63) is 5.82 Å². The standard InChI is InChI=1S/C14H23F3N6O/c1-10(2)13(24)18-6-11-4-3-5-22(7-11)8-12-19-20-21-23(12)9-14(15,16)17/h10-11H,3-9H2,1-2H3,(H,18,24). The third kappa shape index (κ3) is 5.73. The Hall–Kier alpha value is -1.71. The molecule has 136 valence electrons. The van der Waals surface area contributed by atoms with E-state index in [0.717, 1.165) is 24.1 Å². The van der Waals surface area contributed by atoms with E-state index in [0.29, 0.717) is 13.1 Å². The molecule has 1 aromatic rings. The minimum Gasteiger partial charge on any atom is -0.356 e.